The average molecular weight is 329 g/mol. The summed E-state index contributed by atoms with van der Waals surface area (Å²) in [6.45, 7) is 2.62. The smallest absolute Gasteiger partial charge is 0.256 e. The van der Waals surface area contributed by atoms with Crippen molar-refractivity contribution < 1.29 is 4.79 Å². The molecule has 2 aromatic rings. The SMILES string of the molecule is CC1CCC(C(N)=S)CN1C(=O)c1ccccc1-n1nccn1. The lowest BCUT2D eigenvalue weighted by atomic mass is 9.92. The van der Waals surface area contributed by atoms with Gasteiger partial charge in [-0.05, 0) is 31.9 Å². The highest BCUT2D eigenvalue weighted by atomic mass is 32.1. The van der Waals surface area contributed by atoms with E-state index in [1.54, 1.807) is 18.5 Å². The number of benzene rings is 1. The minimum atomic E-state index is -0.0358. The first-order valence-corrected chi connectivity index (χ1v) is 8.04. The summed E-state index contributed by atoms with van der Waals surface area (Å²) >= 11 is 5.12. The molecule has 1 aromatic heterocycles. The van der Waals surface area contributed by atoms with Crippen LogP contribution >= 0.6 is 12.2 Å². The molecule has 6 nitrogen and oxygen atoms in total. The number of rotatable bonds is 3. The molecule has 1 amide bonds. The lowest BCUT2D eigenvalue weighted by Crippen LogP contribution is -2.48. The van der Waals surface area contributed by atoms with Crippen molar-refractivity contribution in [3.05, 3.63) is 42.2 Å². The van der Waals surface area contributed by atoms with Crippen LogP contribution in [0.15, 0.2) is 36.7 Å². The normalized spacial score (nSPS) is 21.2. The monoisotopic (exact) mass is 329 g/mol. The summed E-state index contributed by atoms with van der Waals surface area (Å²) in [5, 5.41) is 8.26. The van der Waals surface area contributed by atoms with Gasteiger partial charge in [-0.15, -0.1) is 0 Å². The summed E-state index contributed by atoms with van der Waals surface area (Å²) < 4.78 is 0. The van der Waals surface area contributed by atoms with Crippen molar-refractivity contribution >= 4 is 23.1 Å². The number of hydrogen-bond acceptors (Lipinski definition) is 4. The van der Waals surface area contributed by atoms with Gasteiger partial charge in [0.1, 0.15) is 0 Å². The summed E-state index contributed by atoms with van der Waals surface area (Å²) in [4.78, 5) is 16.9. The molecule has 120 valence electrons. The number of nitrogens with zero attached hydrogens (tertiary/aromatic N) is 4. The second kappa shape index (κ2) is 6.45. The van der Waals surface area contributed by atoms with Crippen molar-refractivity contribution in [2.75, 3.05) is 6.54 Å². The van der Waals surface area contributed by atoms with Crippen molar-refractivity contribution in [3.63, 3.8) is 0 Å². The molecule has 0 radical (unpaired) electrons. The number of likely N-dealkylation sites (tertiary alicyclic amines) is 1. The highest BCUT2D eigenvalue weighted by Gasteiger charge is 2.31. The van der Waals surface area contributed by atoms with Crippen molar-refractivity contribution in [2.24, 2.45) is 11.7 Å². The highest BCUT2D eigenvalue weighted by molar-refractivity contribution is 7.80. The first-order chi connectivity index (χ1) is 11.1. The highest BCUT2D eigenvalue weighted by Crippen LogP contribution is 2.25. The maximum atomic E-state index is 13.1. The van der Waals surface area contributed by atoms with Crippen molar-refractivity contribution in [2.45, 2.75) is 25.8 Å². The minimum absolute atomic E-state index is 0.0358. The van der Waals surface area contributed by atoms with Crippen molar-refractivity contribution in [3.8, 4) is 5.69 Å². The van der Waals surface area contributed by atoms with E-state index in [1.165, 1.54) is 4.80 Å². The molecule has 2 N–H and O–H groups in total. The summed E-state index contributed by atoms with van der Waals surface area (Å²) in [6.07, 6.45) is 5.01. The Morgan fingerprint density at radius 3 is 2.65 bits per heavy atom. The van der Waals surface area contributed by atoms with Gasteiger partial charge in [0.25, 0.3) is 5.91 Å². The largest absolute Gasteiger partial charge is 0.393 e. The van der Waals surface area contributed by atoms with E-state index in [2.05, 4.69) is 17.1 Å². The molecule has 0 spiro atoms. The molecular formula is C16H19N5OS. The molecule has 0 aliphatic carbocycles. The lowest BCUT2D eigenvalue weighted by molar-refractivity contribution is 0.0604. The van der Waals surface area contributed by atoms with Crippen molar-refractivity contribution in [1.29, 1.82) is 0 Å². The summed E-state index contributed by atoms with van der Waals surface area (Å²) in [5.74, 6) is 0.0477. The molecule has 1 saturated heterocycles. The van der Waals surface area contributed by atoms with Gasteiger partial charge in [0.15, 0.2) is 0 Å². The van der Waals surface area contributed by atoms with E-state index in [1.807, 2.05) is 23.1 Å². The van der Waals surface area contributed by atoms with Gasteiger partial charge >= 0.3 is 0 Å². The van der Waals surface area contributed by atoms with E-state index in [4.69, 9.17) is 18.0 Å². The van der Waals surface area contributed by atoms with E-state index in [-0.39, 0.29) is 17.9 Å². The maximum Gasteiger partial charge on any atom is 0.256 e. The first-order valence-electron chi connectivity index (χ1n) is 7.64. The molecule has 2 atom stereocenters. The predicted octanol–water partition coefficient (Wildman–Crippen LogP) is 1.79. The molecule has 3 rings (SSSR count). The molecule has 23 heavy (non-hydrogen) atoms. The van der Waals surface area contributed by atoms with Crippen molar-refractivity contribution in [1.82, 2.24) is 19.9 Å². The first kappa shape index (κ1) is 15.6. The number of hydrogen-bond donors (Lipinski definition) is 1. The zero-order valence-corrected chi connectivity index (χ0v) is 13.7. The number of piperidine rings is 1. The van der Waals surface area contributed by atoms with Crippen LogP contribution in [-0.4, -0.2) is 43.4 Å². The standard InChI is InChI=1S/C16H19N5OS/c1-11-6-7-12(15(17)23)10-20(11)16(22)13-4-2-3-5-14(13)21-18-8-9-19-21/h2-5,8-9,11-12H,6-7,10H2,1H3,(H2,17,23). The zero-order valence-electron chi connectivity index (χ0n) is 12.9. The van der Waals surface area contributed by atoms with Crippen LogP contribution < -0.4 is 5.73 Å². The predicted molar refractivity (Wildman–Crippen MR) is 91.4 cm³/mol. The molecule has 7 heteroatoms. The van der Waals surface area contributed by atoms with E-state index in [9.17, 15) is 4.79 Å². The number of thiocarbonyl (C=S) groups is 1. The molecule has 1 aromatic carbocycles. The molecule has 2 unspecified atom stereocenters. The van der Waals surface area contributed by atoms with Gasteiger partial charge in [0, 0.05) is 18.5 Å². The topological polar surface area (TPSA) is 77.0 Å². The zero-order chi connectivity index (χ0) is 16.4. The van der Waals surface area contributed by atoms with E-state index < -0.39 is 0 Å². The van der Waals surface area contributed by atoms with Gasteiger partial charge in [0.2, 0.25) is 0 Å². The summed E-state index contributed by atoms with van der Waals surface area (Å²) in [6, 6.07) is 7.52. The number of carbonyl (C=O) groups excluding carboxylic acids is 1. The number of carbonyl (C=O) groups is 1. The summed E-state index contributed by atoms with van der Waals surface area (Å²) in [5.41, 5.74) is 7.05. The Labute approximate surface area is 140 Å². The van der Waals surface area contributed by atoms with Crippen LogP contribution in [0.2, 0.25) is 0 Å². The third kappa shape index (κ3) is 3.10. The van der Waals surface area contributed by atoms with Crippen LogP contribution in [-0.2, 0) is 0 Å². The molecule has 1 aliphatic heterocycles. The Hall–Kier alpha value is -2.28. The Morgan fingerprint density at radius 1 is 1.26 bits per heavy atom. The molecule has 2 heterocycles. The van der Waals surface area contributed by atoms with E-state index >= 15 is 0 Å². The van der Waals surface area contributed by atoms with Gasteiger partial charge < -0.3 is 10.6 Å². The van der Waals surface area contributed by atoms with Gasteiger partial charge in [-0.3, -0.25) is 4.79 Å². The van der Waals surface area contributed by atoms with Gasteiger partial charge in [0.05, 0.1) is 28.6 Å². The number of amides is 1. The van der Waals surface area contributed by atoms with Crippen LogP contribution in [0.25, 0.3) is 5.69 Å². The van der Waals surface area contributed by atoms with Crippen LogP contribution in [0, 0.1) is 5.92 Å². The van der Waals surface area contributed by atoms with Gasteiger partial charge in [-0.25, -0.2) is 0 Å². The Balaban J connectivity index is 1.92. The maximum absolute atomic E-state index is 13.1. The second-order valence-corrected chi connectivity index (χ2v) is 6.29. The number of para-hydroxylation sites is 1. The fourth-order valence-electron chi connectivity index (χ4n) is 2.95. The Bertz CT molecular complexity index is 715. The van der Waals surface area contributed by atoms with Crippen LogP contribution in [0.5, 0.6) is 0 Å². The van der Waals surface area contributed by atoms with Crippen LogP contribution in [0.4, 0.5) is 0 Å². The second-order valence-electron chi connectivity index (χ2n) is 5.82. The third-order valence-electron chi connectivity index (χ3n) is 4.31. The van der Waals surface area contributed by atoms with E-state index in [0.29, 0.717) is 22.8 Å². The van der Waals surface area contributed by atoms with Gasteiger partial charge in [-0.2, -0.15) is 15.0 Å². The van der Waals surface area contributed by atoms with Crippen LogP contribution in [0.3, 0.4) is 0 Å². The Morgan fingerprint density at radius 2 is 1.96 bits per heavy atom. The lowest BCUT2D eigenvalue weighted by Gasteiger charge is -2.38. The molecule has 0 saturated carbocycles. The Kier molecular flexibility index (Phi) is 4.38. The van der Waals surface area contributed by atoms with E-state index in [0.717, 1.165) is 12.8 Å². The molecular weight excluding hydrogens is 310 g/mol. The quantitative estimate of drug-likeness (QED) is 0.869. The molecule has 1 fully saturated rings. The third-order valence-corrected chi connectivity index (χ3v) is 4.65. The fourth-order valence-corrected chi connectivity index (χ4v) is 3.14. The molecule has 1 aliphatic rings. The average Bonchev–Trinajstić information content (AvgIpc) is 3.09. The number of nitrogens with two attached hydrogens (primary N) is 1. The minimum Gasteiger partial charge on any atom is -0.393 e. The summed E-state index contributed by atoms with van der Waals surface area (Å²) in [7, 11) is 0. The fraction of sp³-hybridized carbons (Fsp3) is 0.375. The van der Waals surface area contributed by atoms with Gasteiger partial charge in [-0.1, -0.05) is 24.4 Å². The molecule has 0 bridgehead atoms. The van der Waals surface area contributed by atoms with Crippen LogP contribution in [0.1, 0.15) is 30.1 Å². The number of aromatic nitrogens is 3.